The fourth-order valence-electron chi connectivity index (χ4n) is 3.59. The Kier molecular flexibility index (Phi) is 3.36. The molecule has 0 saturated heterocycles. The molecule has 0 spiro atoms. The number of carbonyl (C=O) groups is 1. The van der Waals surface area contributed by atoms with Crippen molar-refractivity contribution in [3.05, 3.63) is 77.8 Å². The molecule has 134 valence electrons. The summed E-state index contributed by atoms with van der Waals surface area (Å²) in [6.45, 7) is 0.689. The monoisotopic (exact) mass is 361 g/mol. The van der Waals surface area contributed by atoms with E-state index in [0.717, 1.165) is 22.3 Å². The van der Waals surface area contributed by atoms with Gasteiger partial charge < -0.3 is 4.90 Å². The standard InChI is InChI=1S/C20H16FN5O/c1-24-10-16(9-23-24)13-2-3-14(17(21)8-13)11-25-12-15-4-5-18-22-6-7-26(18)19(15)20(25)27/h2-10H,11-12H2,1H3. The fourth-order valence-corrected chi connectivity index (χ4v) is 3.59. The van der Waals surface area contributed by atoms with E-state index in [-0.39, 0.29) is 18.3 Å². The van der Waals surface area contributed by atoms with Crippen molar-refractivity contribution in [2.75, 3.05) is 0 Å². The van der Waals surface area contributed by atoms with Crippen molar-refractivity contribution >= 4 is 11.6 Å². The third-order valence-corrected chi connectivity index (χ3v) is 4.95. The molecular formula is C20H16FN5O. The molecule has 27 heavy (non-hydrogen) atoms. The van der Waals surface area contributed by atoms with E-state index in [0.29, 0.717) is 17.8 Å². The lowest BCUT2D eigenvalue weighted by Crippen LogP contribution is -2.24. The first-order valence-electron chi connectivity index (χ1n) is 8.62. The van der Waals surface area contributed by atoms with Gasteiger partial charge in [0.25, 0.3) is 5.91 Å². The van der Waals surface area contributed by atoms with Crippen molar-refractivity contribution < 1.29 is 9.18 Å². The molecule has 0 aliphatic carbocycles. The summed E-state index contributed by atoms with van der Waals surface area (Å²) in [7, 11) is 1.82. The minimum atomic E-state index is -0.326. The van der Waals surface area contributed by atoms with Gasteiger partial charge in [0.15, 0.2) is 0 Å². The lowest BCUT2D eigenvalue weighted by atomic mass is 10.1. The number of fused-ring (bicyclic) bond motifs is 3. The van der Waals surface area contributed by atoms with Crippen LogP contribution >= 0.6 is 0 Å². The van der Waals surface area contributed by atoms with Crippen LogP contribution in [-0.2, 0) is 20.1 Å². The number of benzene rings is 1. The van der Waals surface area contributed by atoms with Crippen LogP contribution in [-0.4, -0.2) is 30.0 Å². The molecule has 1 amide bonds. The van der Waals surface area contributed by atoms with E-state index in [1.807, 2.05) is 31.4 Å². The number of rotatable bonds is 3. The number of halogens is 1. The second-order valence-electron chi connectivity index (χ2n) is 6.73. The molecule has 3 aromatic heterocycles. The average Bonchev–Trinajstić information content (AvgIpc) is 3.36. The van der Waals surface area contributed by atoms with Crippen LogP contribution in [0.15, 0.2) is 55.1 Å². The number of aryl methyl sites for hydroxylation is 1. The molecule has 0 bridgehead atoms. The van der Waals surface area contributed by atoms with Crippen molar-refractivity contribution in [2.45, 2.75) is 13.1 Å². The number of pyridine rings is 1. The van der Waals surface area contributed by atoms with E-state index in [2.05, 4.69) is 10.1 Å². The summed E-state index contributed by atoms with van der Waals surface area (Å²) >= 11 is 0. The third kappa shape index (κ3) is 2.51. The van der Waals surface area contributed by atoms with Crippen LogP contribution < -0.4 is 0 Å². The molecule has 5 rings (SSSR count). The highest BCUT2D eigenvalue weighted by Crippen LogP contribution is 2.27. The van der Waals surface area contributed by atoms with Crippen LogP contribution in [0.4, 0.5) is 4.39 Å². The van der Waals surface area contributed by atoms with Crippen molar-refractivity contribution in [1.82, 2.24) is 24.1 Å². The molecule has 4 heterocycles. The normalized spacial score (nSPS) is 13.6. The minimum Gasteiger partial charge on any atom is -0.329 e. The molecule has 0 radical (unpaired) electrons. The van der Waals surface area contributed by atoms with Gasteiger partial charge in [-0.2, -0.15) is 5.10 Å². The number of imidazole rings is 1. The summed E-state index contributed by atoms with van der Waals surface area (Å²) in [5, 5.41) is 4.12. The Bertz CT molecular complexity index is 1190. The molecule has 0 atom stereocenters. The summed E-state index contributed by atoms with van der Waals surface area (Å²) in [4.78, 5) is 18.7. The number of nitrogens with zero attached hydrogens (tertiary/aromatic N) is 5. The van der Waals surface area contributed by atoms with Gasteiger partial charge in [-0.25, -0.2) is 9.37 Å². The maximum Gasteiger partial charge on any atom is 0.271 e. The molecular weight excluding hydrogens is 345 g/mol. The summed E-state index contributed by atoms with van der Waals surface area (Å²) in [6, 6.07) is 8.89. The van der Waals surface area contributed by atoms with Crippen molar-refractivity contribution in [3.63, 3.8) is 0 Å². The first-order valence-corrected chi connectivity index (χ1v) is 8.62. The van der Waals surface area contributed by atoms with Crippen LogP contribution in [0.5, 0.6) is 0 Å². The molecule has 4 aromatic rings. The highest BCUT2D eigenvalue weighted by Gasteiger charge is 2.30. The van der Waals surface area contributed by atoms with Crippen molar-refractivity contribution in [2.24, 2.45) is 7.05 Å². The topological polar surface area (TPSA) is 55.4 Å². The van der Waals surface area contributed by atoms with Crippen LogP contribution in [0.25, 0.3) is 16.8 Å². The minimum absolute atomic E-state index is 0.107. The molecule has 0 unspecified atom stereocenters. The number of aromatic nitrogens is 4. The fraction of sp³-hybridized carbons (Fsp3) is 0.150. The lowest BCUT2D eigenvalue weighted by molar-refractivity contribution is 0.0760. The van der Waals surface area contributed by atoms with Crippen LogP contribution in [0.1, 0.15) is 21.6 Å². The molecule has 0 saturated carbocycles. The Morgan fingerprint density at radius 2 is 2.07 bits per heavy atom. The second kappa shape index (κ2) is 5.77. The summed E-state index contributed by atoms with van der Waals surface area (Å²) in [6.07, 6.45) is 6.98. The molecule has 1 aromatic carbocycles. The quantitative estimate of drug-likeness (QED) is 0.564. The van der Waals surface area contributed by atoms with Crippen molar-refractivity contribution in [1.29, 1.82) is 0 Å². The van der Waals surface area contributed by atoms with Gasteiger partial charge in [0, 0.05) is 55.4 Å². The highest BCUT2D eigenvalue weighted by molar-refractivity contribution is 5.97. The lowest BCUT2D eigenvalue weighted by Gasteiger charge is -2.16. The number of hydrogen-bond acceptors (Lipinski definition) is 3. The Balaban J connectivity index is 1.43. The van der Waals surface area contributed by atoms with E-state index in [1.54, 1.807) is 38.6 Å². The molecule has 1 aliphatic rings. The zero-order valence-electron chi connectivity index (χ0n) is 14.6. The zero-order chi connectivity index (χ0) is 18.5. The van der Waals surface area contributed by atoms with Gasteiger partial charge in [0.1, 0.15) is 17.2 Å². The van der Waals surface area contributed by atoms with E-state index >= 15 is 0 Å². The average molecular weight is 361 g/mol. The molecule has 0 fully saturated rings. The maximum atomic E-state index is 14.7. The zero-order valence-corrected chi connectivity index (χ0v) is 14.6. The third-order valence-electron chi connectivity index (χ3n) is 4.95. The molecule has 0 N–H and O–H groups in total. The number of carbonyl (C=O) groups excluding carboxylic acids is 1. The van der Waals surface area contributed by atoms with Gasteiger partial charge in [-0.05, 0) is 17.7 Å². The van der Waals surface area contributed by atoms with Crippen LogP contribution in [0.3, 0.4) is 0 Å². The maximum absolute atomic E-state index is 14.7. The highest BCUT2D eigenvalue weighted by atomic mass is 19.1. The molecule has 6 nitrogen and oxygen atoms in total. The molecule has 7 heteroatoms. The smallest absolute Gasteiger partial charge is 0.271 e. The number of hydrogen-bond donors (Lipinski definition) is 0. The Morgan fingerprint density at radius 1 is 1.19 bits per heavy atom. The Morgan fingerprint density at radius 3 is 2.85 bits per heavy atom. The van der Waals surface area contributed by atoms with Crippen LogP contribution in [0, 0.1) is 5.82 Å². The van der Waals surface area contributed by atoms with Gasteiger partial charge in [0.2, 0.25) is 0 Å². The van der Waals surface area contributed by atoms with Gasteiger partial charge in [-0.1, -0.05) is 18.2 Å². The van der Waals surface area contributed by atoms with E-state index < -0.39 is 0 Å². The number of amides is 1. The van der Waals surface area contributed by atoms with Gasteiger partial charge in [-0.3, -0.25) is 13.9 Å². The summed E-state index contributed by atoms with van der Waals surface area (Å²) in [5.74, 6) is -0.433. The second-order valence-corrected chi connectivity index (χ2v) is 6.73. The summed E-state index contributed by atoms with van der Waals surface area (Å²) < 4.78 is 18.1. The molecule has 1 aliphatic heterocycles. The van der Waals surface area contributed by atoms with E-state index in [9.17, 15) is 9.18 Å². The van der Waals surface area contributed by atoms with Gasteiger partial charge in [0.05, 0.1) is 6.20 Å². The van der Waals surface area contributed by atoms with Crippen LogP contribution in [0.2, 0.25) is 0 Å². The Labute approximate surface area is 154 Å². The van der Waals surface area contributed by atoms with Gasteiger partial charge >= 0.3 is 0 Å². The SMILES string of the molecule is Cn1cc(-c2ccc(CN3Cc4ccc5nccn5c4C3=O)c(F)c2)cn1. The first-order chi connectivity index (χ1) is 13.1. The van der Waals surface area contributed by atoms with E-state index in [4.69, 9.17) is 0 Å². The van der Waals surface area contributed by atoms with Crippen molar-refractivity contribution in [3.8, 4) is 11.1 Å². The van der Waals surface area contributed by atoms with Gasteiger partial charge in [-0.15, -0.1) is 0 Å². The predicted molar refractivity (Wildman–Crippen MR) is 97.4 cm³/mol. The first kappa shape index (κ1) is 15.7. The summed E-state index contributed by atoms with van der Waals surface area (Å²) in [5.41, 5.74) is 4.38. The Hall–Kier alpha value is -3.48. The largest absolute Gasteiger partial charge is 0.329 e. The van der Waals surface area contributed by atoms with E-state index in [1.165, 1.54) is 6.07 Å². The predicted octanol–water partition coefficient (Wildman–Crippen LogP) is 3.03.